The van der Waals surface area contributed by atoms with E-state index in [0.717, 1.165) is 18.5 Å². The third kappa shape index (κ3) is 1.63. The van der Waals surface area contributed by atoms with Gasteiger partial charge in [0.05, 0.1) is 13.2 Å². The van der Waals surface area contributed by atoms with Crippen LogP contribution in [0.25, 0.3) is 0 Å². The molecule has 2 N–H and O–H groups in total. The zero-order valence-corrected chi connectivity index (χ0v) is 7.68. The summed E-state index contributed by atoms with van der Waals surface area (Å²) in [7, 11) is 0. The molecule has 76 valence electrons. The van der Waals surface area contributed by atoms with Gasteiger partial charge < -0.3 is 10.2 Å². The van der Waals surface area contributed by atoms with Crippen LogP contribution in [0.15, 0.2) is 6.07 Å². The van der Waals surface area contributed by atoms with Gasteiger partial charge in [-0.2, -0.15) is 5.10 Å². The molecule has 0 saturated heterocycles. The summed E-state index contributed by atoms with van der Waals surface area (Å²) < 4.78 is 1.60. The van der Waals surface area contributed by atoms with Crippen LogP contribution in [0.4, 0.5) is 0 Å². The van der Waals surface area contributed by atoms with Crippen molar-refractivity contribution in [3.05, 3.63) is 17.5 Å². The predicted molar refractivity (Wildman–Crippen MR) is 48.2 cm³/mol. The summed E-state index contributed by atoms with van der Waals surface area (Å²) in [5, 5.41) is 21.5. The predicted octanol–water partition coefficient (Wildman–Crippen LogP) is 0.451. The molecule has 1 fully saturated rings. The van der Waals surface area contributed by atoms with Crippen molar-refractivity contribution in [1.29, 1.82) is 0 Å². The van der Waals surface area contributed by atoms with E-state index >= 15 is 0 Å². The number of carboxylic acids is 1. The van der Waals surface area contributed by atoms with Crippen LogP contribution in [0.2, 0.25) is 0 Å². The van der Waals surface area contributed by atoms with Crippen molar-refractivity contribution in [2.45, 2.75) is 25.3 Å². The van der Waals surface area contributed by atoms with Gasteiger partial charge >= 0.3 is 5.97 Å². The Morgan fingerprint density at radius 1 is 1.64 bits per heavy atom. The number of hydrogen-bond acceptors (Lipinski definition) is 3. The maximum atomic E-state index is 10.7. The largest absolute Gasteiger partial charge is 0.476 e. The molecule has 0 spiro atoms. The molecule has 0 atom stereocenters. The third-order valence-electron chi connectivity index (χ3n) is 2.34. The van der Waals surface area contributed by atoms with Crippen molar-refractivity contribution in [2.75, 3.05) is 6.61 Å². The van der Waals surface area contributed by atoms with Crippen molar-refractivity contribution in [1.82, 2.24) is 9.78 Å². The molecule has 1 saturated carbocycles. The fourth-order valence-corrected chi connectivity index (χ4v) is 1.52. The Morgan fingerprint density at radius 3 is 2.86 bits per heavy atom. The van der Waals surface area contributed by atoms with Crippen LogP contribution in [-0.4, -0.2) is 32.6 Å². The molecule has 0 aliphatic heterocycles. The second-order valence-electron chi connectivity index (χ2n) is 3.48. The molecule has 0 aromatic carbocycles. The average molecular weight is 196 g/mol. The Kier molecular flexibility index (Phi) is 2.25. The van der Waals surface area contributed by atoms with Gasteiger partial charge in [0.25, 0.3) is 0 Å². The summed E-state index contributed by atoms with van der Waals surface area (Å²) in [5.74, 6) is -0.564. The Hall–Kier alpha value is -1.36. The first kappa shape index (κ1) is 9.21. The van der Waals surface area contributed by atoms with E-state index in [2.05, 4.69) is 5.10 Å². The molecule has 0 bridgehead atoms. The highest BCUT2D eigenvalue weighted by Crippen LogP contribution is 2.40. The molecule has 1 aliphatic carbocycles. The van der Waals surface area contributed by atoms with Crippen LogP contribution < -0.4 is 0 Å². The Bertz CT molecular complexity index is 355. The van der Waals surface area contributed by atoms with Crippen LogP contribution in [-0.2, 0) is 6.54 Å². The number of aliphatic hydroxyl groups is 1. The number of aromatic nitrogens is 2. The molecule has 5 heteroatoms. The number of rotatable bonds is 4. The number of hydrogen-bond donors (Lipinski definition) is 2. The highest BCUT2D eigenvalue weighted by molar-refractivity contribution is 5.85. The normalized spacial score (nSPS) is 15.8. The van der Waals surface area contributed by atoms with Crippen molar-refractivity contribution in [3.63, 3.8) is 0 Å². The van der Waals surface area contributed by atoms with Crippen LogP contribution in [0.3, 0.4) is 0 Å². The topological polar surface area (TPSA) is 75.3 Å². The number of carbonyl (C=O) groups is 1. The highest BCUT2D eigenvalue weighted by Gasteiger charge is 2.28. The van der Waals surface area contributed by atoms with Gasteiger partial charge in [-0.25, -0.2) is 4.79 Å². The summed E-state index contributed by atoms with van der Waals surface area (Å²) in [6, 6.07) is 1.61. The van der Waals surface area contributed by atoms with Gasteiger partial charge in [-0.3, -0.25) is 4.68 Å². The molecule has 14 heavy (non-hydrogen) atoms. The minimum Gasteiger partial charge on any atom is -0.476 e. The lowest BCUT2D eigenvalue weighted by Gasteiger charge is -2.02. The first-order chi connectivity index (χ1) is 6.72. The van der Waals surface area contributed by atoms with Gasteiger partial charge in [-0.1, -0.05) is 0 Å². The van der Waals surface area contributed by atoms with Crippen molar-refractivity contribution in [3.8, 4) is 0 Å². The second kappa shape index (κ2) is 3.42. The maximum absolute atomic E-state index is 10.7. The summed E-state index contributed by atoms with van der Waals surface area (Å²) in [4.78, 5) is 10.7. The third-order valence-corrected chi connectivity index (χ3v) is 2.34. The van der Waals surface area contributed by atoms with Gasteiger partial charge in [-0.15, -0.1) is 0 Å². The molecule has 0 radical (unpaired) electrons. The molecular formula is C9H12N2O3. The summed E-state index contributed by atoms with van der Waals surface area (Å²) in [6.07, 6.45) is 2.19. The molecule has 1 aromatic heterocycles. The number of carboxylic acid groups (broad SMARTS) is 1. The first-order valence-corrected chi connectivity index (χ1v) is 4.64. The summed E-state index contributed by atoms with van der Waals surface area (Å²) in [5.41, 5.74) is 1.01. The van der Waals surface area contributed by atoms with E-state index in [4.69, 9.17) is 10.2 Å². The van der Waals surface area contributed by atoms with Crippen LogP contribution in [0.1, 0.15) is 34.9 Å². The van der Waals surface area contributed by atoms with Gasteiger partial charge in [-0.05, 0) is 18.9 Å². The molecule has 5 nitrogen and oxygen atoms in total. The Balaban J connectivity index is 2.30. The van der Waals surface area contributed by atoms with E-state index in [1.54, 1.807) is 10.7 Å². The zero-order chi connectivity index (χ0) is 10.1. The van der Waals surface area contributed by atoms with Crippen molar-refractivity contribution in [2.24, 2.45) is 0 Å². The van der Waals surface area contributed by atoms with Crippen molar-refractivity contribution >= 4 is 5.97 Å². The quantitative estimate of drug-likeness (QED) is 0.733. The standard InChI is InChI=1S/C9H12N2O3/c12-4-3-11-8(6-1-2-6)5-7(10-11)9(13)14/h5-6,12H,1-4H2,(H,13,14). The lowest BCUT2D eigenvalue weighted by atomic mass is 10.2. The fourth-order valence-electron chi connectivity index (χ4n) is 1.52. The smallest absolute Gasteiger partial charge is 0.356 e. The van der Waals surface area contributed by atoms with Gasteiger partial charge in [0.2, 0.25) is 0 Å². The van der Waals surface area contributed by atoms with Crippen LogP contribution in [0.5, 0.6) is 0 Å². The molecule has 1 aliphatic rings. The lowest BCUT2D eigenvalue weighted by molar-refractivity contribution is 0.0689. The first-order valence-electron chi connectivity index (χ1n) is 4.64. The van der Waals surface area contributed by atoms with E-state index in [-0.39, 0.29) is 12.3 Å². The molecule has 1 heterocycles. The average Bonchev–Trinajstić information content (AvgIpc) is 2.89. The lowest BCUT2D eigenvalue weighted by Crippen LogP contribution is -2.08. The minimum atomic E-state index is -1.01. The number of aromatic carboxylic acids is 1. The summed E-state index contributed by atoms with van der Waals surface area (Å²) in [6.45, 7) is 0.361. The van der Waals surface area contributed by atoms with E-state index in [0.29, 0.717) is 12.5 Å². The minimum absolute atomic E-state index is 0.0134. The fraction of sp³-hybridized carbons (Fsp3) is 0.556. The van der Waals surface area contributed by atoms with Crippen molar-refractivity contribution < 1.29 is 15.0 Å². The maximum Gasteiger partial charge on any atom is 0.356 e. The van der Waals surface area contributed by atoms with E-state index in [1.807, 2.05) is 0 Å². The van der Waals surface area contributed by atoms with Gasteiger partial charge in [0.1, 0.15) is 0 Å². The SMILES string of the molecule is O=C(O)c1cc(C2CC2)n(CCO)n1. The van der Waals surface area contributed by atoms with Crippen LogP contribution in [0, 0.1) is 0 Å². The van der Waals surface area contributed by atoms with Crippen LogP contribution >= 0.6 is 0 Å². The van der Waals surface area contributed by atoms with E-state index in [1.165, 1.54) is 0 Å². The monoisotopic (exact) mass is 196 g/mol. The van der Waals surface area contributed by atoms with Gasteiger partial charge in [0.15, 0.2) is 5.69 Å². The molecule has 2 rings (SSSR count). The number of aliphatic hydroxyl groups excluding tert-OH is 1. The zero-order valence-electron chi connectivity index (χ0n) is 7.68. The van der Waals surface area contributed by atoms with E-state index in [9.17, 15) is 4.79 Å². The van der Waals surface area contributed by atoms with Gasteiger partial charge in [0, 0.05) is 11.6 Å². The Labute approximate surface area is 81.0 Å². The molecule has 1 aromatic rings. The Morgan fingerprint density at radius 2 is 2.36 bits per heavy atom. The highest BCUT2D eigenvalue weighted by atomic mass is 16.4. The summed E-state index contributed by atoms with van der Waals surface area (Å²) >= 11 is 0. The molecule has 0 unspecified atom stereocenters. The number of nitrogens with zero attached hydrogens (tertiary/aromatic N) is 2. The molecule has 0 amide bonds. The molecular weight excluding hydrogens is 184 g/mol. The van der Waals surface area contributed by atoms with E-state index < -0.39 is 5.97 Å². The second-order valence-corrected chi connectivity index (χ2v) is 3.48.